The van der Waals surface area contributed by atoms with Crippen LogP contribution in [0.3, 0.4) is 0 Å². The molecule has 1 amide bonds. The van der Waals surface area contributed by atoms with Crippen LogP contribution >= 0.6 is 23.2 Å². The number of aromatic nitrogens is 1. The van der Waals surface area contributed by atoms with E-state index in [4.69, 9.17) is 28.9 Å². The van der Waals surface area contributed by atoms with E-state index in [1.807, 2.05) is 18.2 Å². The number of piperidine rings is 2. The molecule has 4 aliphatic heterocycles. The highest BCUT2D eigenvalue weighted by Crippen LogP contribution is 2.55. The monoisotopic (exact) mass is 754 g/mol. The third kappa shape index (κ3) is 6.92. The Morgan fingerprint density at radius 1 is 1.00 bits per heavy atom. The fourth-order valence-corrected chi connectivity index (χ4v) is 9.79. The first-order chi connectivity index (χ1) is 24.9. The summed E-state index contributed by atoms with van der Waals surface area (Å²) in [6.07, 6.45) is 2.44. The fraction of sp³-hybridized carbons (Fsp3) is 0.462. The number of rotatable bonds is 11. The molecule has 0 aliphatic carbocycles. The van der Waals surface area contributed by atoms with Gasteiger partial charge in [0.15, 0.2) is 0 Å². The molecule has 4 saturated heterocycles. The number of amides is 1. The maximum atomic E-state index is 12.9. The van der Waals surface area contributed by atoms with Gasteiger partial charge < -0.3 is 25.7 Å². The van der Waals surface area contributed by atoms with Crippen LogP contribution in [0.15, 0.2) is 66.9 Å². The van der Waals surface area contributed by atoms with Crippen LogP contribution in [-0.2, 0) is 24.3 Å². The van der Waals surface area contributed by atoms with Crippen molar-refractivity contribution >= 4 is 40.0 Å². The number of hydrogen-bond donors (Lipinski definition) is 3. The van der Waals surface area contributed by atoms with Crippen molar-refractivity contribution in [2.45, 2.75) is 81.1 Å². The molecule has 0 saturated carbocycles. The van der Waals surface area contributed by atoms with E-state index in [0.717, 1.165) is 79.6 Å². The van der Waals surface area contributed by atoms with E-state index in [0.29, 0.717) is 54.5 Å². The third-order valence-corrected chi connectivity index (χ3v) is 12.3. The number of benzene rings is 3. The van der Waals surface area contributed by atoms with E-state index >= 15 is 0 Å². The Morgan fingerprint density at radius 2 is 1.69 bits per heavy atom. The van der Waals surface area contributed by atoms with Crippen LogP contribution in [0, 0.1) is 0 Å². The van der Waals surface area contributed by atoms with Crippen LogP contribution in [0.1, 0.15) is 43.2 Å². The van der Waals surface area contributed by atoms with Crippen molar-refractivity contribution < 1.29 is 22.7 Å². The number of fused-ring (bicyclic) bond motifs is 1. The first-order valence-electron chi connectivity index (χ1n) is 18.1. The van der Waals surface area contributed by atoms with Crippen molar-refractivity contribution in [1.82, 2.24) is 25.0 Å². The number of nitrogens with zero attached hydrogens (tertiary/aromatic N) is 3. The first kappa shape index (κ1) is 35.7. The molecule has 0 bridgehead atoms. The van der Waals surface area contributed by atoms with Gasteiger partial charge in [-0.05, 0) is 99.1 Å². The Balaban J connectivity index is 0.979. The largest absolute Gasteiger partial charge is 0.573 e. The number of halogens is 5. The summed E-state index contributed by atoms with van der Waals surface area (Å²) >= 11 is 13.0. The lowest BCUT2D eigenvalue weighted by Gasteiger charge is -2.74. The quantitative estimate of drug-likeness (QED) is 0.147. The minimum atomic E-state index is -4.75. The standard InChI is InChI=1S/C39H43Cl2F3N6O2/c40-33-3-1-4-34(41)32(33)23-48-21-27-19-37(20-28(22-48)50(27)37)18-25-5-10-35-30(17-25)31(26-6-8-29(9-7-26)52-39(42,43)44)24-49(35)16-2-13-47-36(51)38(45)11-14-46-15-12-38/h1,3-10,17,24,27-28,46H,2,11-16,18-23,45H2,(H,47,51). The zero-order valence-electron chi connectivity index (χ0n) is 28.8. The molecule has 4 N–H and O–H groups in total. The highest BCUT2D eigenvalue weighted by molar-refractivity contribution is 6.36. The van der Waals surface area contributed by atoms with Crippen LogP contribution in [0.4, 0.5) is 13.2 Å². The summed E-state index contributed by atoms with van der Waals surface area (Å²) in [6, 6.07) is 19.4. The zero-order valence-corrected chi connectivity index (χ0v) is 30.3. The lowest BCUT2D eigenvalue weighted by Crippen LogP contribution is -2.84. The molecule has 0 spiro atoms. The van der Waals surface area contributed by atoms with Crippen LogP contribution in [-0.4, -0.2) is 82.5 Å². The molecule has 4 aromatic rings. The molecule has 2 atom stereocenters. The fourth-order valence-electron chi connectivity index (χ4n) is 9.28. The lowest BCUT2D eigenvalue weighted by atomic mass is 9.60. The Bertz CT molecular complexity index is 1930. The predicted octanol–water partition coefficient (Wildman–Crippen LogP) is 6.74. The first-order valence-corrected chi connectivity index (χ1v) is 18.8. The third-order valence-electron chi connectivity index (χ3n) is 11.6. The van der Waals surface area contributed by atoms with Crippen LogP contribution in [0.2, 0.25) is 10.0 Å². The Hall–Kier alpha value is -3.32. The minimum absolute atomic E-state index is 0.111. The van der Waals surface area contributed by atoms with Crippen LogP contribution in [0.5, 0.6) is 5.75 Å². The summed E-state index contributed by atoms with van der Waals surface area (Å²) in [7, 11) is 0. The van der Waals surface area contributed by atoms with Crippen molar-refractivity contribution in [2.75, 3.05) is 32.7 Å². The van der Waals surface area contributed by atoms with Gasteiger partial charge in [0.1, 0.15) is 5.75 Å². The van der Waals surface area contributed by atoms with E-state index in [2.05, 4.69) is 54.1 Å². The molecule has 13 heteroatoms. The molecule has 8 rings (SSSR count). The number of nitrogens with one attached hydrogen (secondary N) is 2. The van der Waals surface area contributed by atoms with E-state index in [9.17, 15) is 18.0 Å². The molecule has 3 aromatic carbocycles. The number of likely N-dealkylation sites (tertiary alicyclic amines) is 1. The molecule has 2 unspecified atom stereocenters. The molecule has 52 heavy (non-hydrogen) atoms. The van der Waals surface area contributed by atoms with E-state index in [-0.39, 0.29) is 17.2 Å². The van der Waals surface area contributed by atoms with Crippen molar-refractivity contribution in [3.8, 4) is 16.9 Å². The Labute approximate surface area is 311 Å². The molecule has 4 aliphatic rings. The molecule has 5 heterocycles. The van der Waals surface area contributed by atoms with Crippen LogP contribution in [0.25, 0.3) is 22.0 Å². The zero-order chi connectivity index (χ0) is 36.3. The second kappa shape index (κ2) is 13.8. The van der Waals surface area contributed by atoms with Crippen molar-refractivity contribution in [1.29, 1.82) is 0 Å². The SMILES string of the molecule is NC1(C(=O)NCCCn2cc(-c3ccc(OC(F)(F)F)cc3)c3cc(CC45CC6CN(Cc7c(Cl)cccc7Cl)CC(C4)N65)ccc32)CCNCC1. The molecule has 276 valence electrons. The summed E-state index contributed by atoms with van der Waals surface area (Å²) in [5, 5.41) is 8.76. The highest BCUT2D eigenvalue weighted by atomic mass is 35.5. The summed E-state index contributed by atoms with van der Waals surface area (Å²) in [5.74, 6) is -0.365. The highest BCUT2D eigenvalue weighted by Gasteiger charge is 2.64. The molecule has 8 nitrogen and oxygen atoms in total. The van der Waals surface area contributed by atoms with Crippen molar-refractivity contribution in [3.63, 3.8) is 0 Å². The van der Waals surface area contributed by atoms with E-state index < -0.39 is 11.9 Å². The van der Waals surface area contributed by atoms with Gasteiger partial charge in [0.05, 0.1) is 5.54 Å². The number of hydrogen-bond acceptors (Lipinski definition) is 6. The van der Waals surface area contributed by atoms with Gasteiger partial charge in [-0.1, -0.05) is 47.5 Å². The molecular weight excluding hydrogens is 712 g/mol. The second-order valence-corrected chi connectivity index (χ2v) is 15.9. The Morgan fingerprint density at radius 3 is 2.37 bits per heavy atom. The normalized spacial score (nSPS) is 24.2. The number of carbonyl (C=O) groups is 1. The smallest absolute Gasteiger partial charge is 0.406 e. The van der Waals surface area contributed by atoms with Gasteiger partial charge in [0.2, 0.25) is 5.91 Å². The predicted molar refractivity (Wildman–Crippen MR) is 198 cm³/mol. The Kier molecular flexibility index (Phi) is 9.49. The van der Waals surface area contributed by atoms with Gasteiger partial charge in [-0.2, -0.15) is 0 Å². The van der Waals surface area contributed by atoms with E-state index in [1.165, 1.54) is 17.7 Å². The molecule has 0 radical (unpaired) electrons. The summed E-state index contributed by atoms with van der Waals surface area (Å²) in [6.45, 7) is 5.34. The number of alkyl halides is 3. The maximum absolute atomic E-state index is 12.9. The average Bonchev–Trinajstić information content (AvgIpc) is 3.44. The number of ether oxygens (including phenoxy) is 1. The number of aryl methyl sites for hydroxylation is 1. The second-order valence-electron chi connectivity index (χ2n) is 15.1. The molecule has 4 fully saturated rings. The number of carbonyl (C=O) groups excluding carboxylic acids is 1. The summed E-state index contributed by atoms with van der Waals surface area (Å²) < 4.78 is 45.0. The van der Waals surface area contributed by atoms with Crippen molar-refractivity contribution in [2.24, 2.45) is 5.73 Å². The maximum Gasteiger partial charge on any atom is 0.573 e. The lowest BCUT2D eigenvalue weighted by molar-refractivity contribution is -0.274. The van der Waals surface area contributed by atoms with Gasteiger partial charge in [-0.25, -0.2) is 0 Å². The molecule has 1 aromatic heterocycles. The van der Waals surface area contributed by atoms with Gasteiger partial charge in [-0.3, -0.25) is 14.6 Å². The van der Waals surface area contributed by atoms with Gasteiger partial charge in [0.25, 0.3) is 0 Å². The number of nitrogens with two attached hydrogens (primary N) is 1. The summed E-state index contributed by atoms with van der Waals surface area (Å²) in [5.41, 5.74) is 10.7. The van der Waals surface area contributed by atoms with Crippen LogP contribution < -0.4 is 21.1 Å². The van der Waals surface area contributed by atoms with Crippen molar-refractivity contribution in [3.05, 3.63) is 88.0 Å². The molecular formula is C39H43Cl2F3N6O2. The minimum Gasteiger partial charge on any atom is -0.406 e. The van der Waals surface area contributed by atoms with E-state index in [1.54, 1.807) is 12.1 Å². The van der Waals surface area contributed by atoms with Gasteiger partial charge in [0, 0.05) is 88.6 Å². The van der Waals surface area contributed by atoms with Gasteiger partial charge in [-0.15, -0.1) is 13.2 Å². The average molecular weight is 756 g/mol. The number of piperazine rings is 1. The topological polar surface area (TPSA) is 87.8 Å². The van der Waals surface area contributed by atoms with Gasteiger partial charge >= 0.3 is 6.36 Å². The summed E-state index contributed by atoms with van der Waals surface area (Å²) in [4.78, 5) is 18.1.